The average Bonchev–Trinajstić information content (AvgIpc) is 2.54. The third-order valence-corrected chi connectivity index (χ3v) is 3.89. The van der Waals surface area contributed by atoms with Crippen LogP contribution in [-0.4, -0.2) is 17.7 Å². The van der Waals surface area contributed by atoms with E-state index < -0.39 is 12.1 Å². The van der Waals surface area contributed by atoms with Crippen LogP contribution in [0.25, 0.3) is 0 Å². The van der Waals surface area contributed by atoms with Crippen molar-refractivity contribution in [2.75, 3.05) is 6.61 Å². The number of benzene rings is 1. The minimum Gasteiger partial charge on any atom is -0.550 e. The molecule has 0 fully saturated rings. The summed E-state index contributed by atoms with van der Waals surface area (Å²) in [6.45, 7) is 2.84. The zero-order chi connectivity index (χ0) is 16.9. The normalized spacial score (nSPS) is 11.6. The summed E-state index contributed by atoms with van der Waals surface area (Å²) in [5, 5.41) is 20.7. The molecule has 1 aromatic rings. The van der Waals surface area contributed by atoms with Gasteiger partial charge in [-0.1, -0.05) is 57.2 Å². The van der Waals surface area contributed by atoms with Crippen LogP contribution in [0.2, 0.25) is 0 Å². The summed E-state index contributed by atoms with van der Waals surface area (Å²) in [6, 6.07) is 7.66. The fourth-order valence-electron chi connectivity index (χ4n) is 2.54. The van der Waals surface area contributed by atoms with Crippen molar-refractivity contribution in [1.29, 1.82) is 0 Å². The number of carboxylic acid groups (broad SMARTS) is 1. The summed E-state index contributed by atoms with van der Waals surface area (Å²) >= 11 is 0. The number of para-hydroxylation sites is 1. The summed E-state index contributed by atoms with van der Waals surface area (Å²) in [5.41, 5.74) is 0.846. The summed E-state index contributed by atoms with van der Waals surface area (Å²) in [6.07, 6.45) is 6.89. The van der Waals surface area contributed by atoms with Gasteiger partial charge >= 0.3 is 29.6 Å². The second kappa shape index (κ2) is 14.8. The van der Waals surface area contributed by atoms with Crippen LogP contribution in [0.1, 0.15) is 76.4 Å². The van der Waals surface area contributed by atoms with Crippen molar-refractivity contribution >= 4 is 5.97 Å². The number of ether oxygens (including phenoxy) is 1. The van der Waals surface area contributed by atoms with Crippen LogP contribution in [0.5, 0.6) is 5.75 Å². The summed E-state index contributed by atoms with van der Waals surface area (Å²) in [5.74, 6) is -0.216. The fraction of sp³-hybridized carbons (Fsp3) is 0.632. The predicted octanol–water partition coefficient (Wildman–Crippen LogP) is 0.384. The molecule has 4 nitrogen and oxygen atoms in total. The Balaban J connectivity index is 0.00000529. The molecular weight excluding hydrogens is 315 g/mol. The van der Waals surface area contributed by atoms with Crippen molar-refractivity contribution in [1.82, 2.24) is 0 Å². The number of carbonyl (C=O) groups excluding carboxylic acids is 1. The van der Waals surface area contributed by atoms with Gasteiger partial charge in [-0.3, -0.25) is 0 Å². The number of aliphatic hydroxyl groups is 1. The number of hydrogen-bond acceptors (Lipinski definition) is 4. The maximum Gasteiger partial charge on any atom is 1.00 e. The Morgan fingerprint density at radius 1 is 1.12 bits per heavy atom. The Morgan fingerprint density at radius 3 is 2.54 bits per heavy atom. The van der Waals surface area contributed by atoms with E-state index in [4.69, 9.17) is 4.74 Å². The Labute approximate surface area is 167 Å². The molecule has 1 aromatic carbocycles. The van der Waals surface area contributed by atoms with E-state index in [-0.39, 0.29) is 36.0 Å². The molecule has 0 saturated heterocycles. The second-order valence-corrected chi connectivity index (χ2v) is 5.93. The van der Waals surface area contributed by atoms with Crippen LogP contribution in [0.3, 0.4) is 0 Å². The number of hydrogen-bond donors (Lipinski definition) is 1. The topological polar surface area (TPSA) is 69.6 Å². The second-order valence-electron chi connectivity index (χ2n) is 5.93. The number of aliphatic carboxylic acids is 1. The van der Waals surface area contributed by atoms with Crippen molar-refractivity contribution in [3.8, 4) is 5.75 Å². The number of carboxylic acids is 1. The molecule has 0 amide bonds. The van der Waals surface area contributed by atoms with Crippen LogP contribution in [0.4, 0.5) is 0 Å². The van der Waals surface area contributed by atoms with E-state index in [9.17, 15) is 15.0 Å². The third-order valence-electron chi connectivity index (χ3n) is 3.89. The first kappa shape index (κ1) is 23.4. The smallest absolute Gasteiger partial charge is 0.550 e. The quantitative estimate of drug-likeness (QED) is 0.415. The largest absolute Gasteiger partial charge is 1.00 e. The van der Waals surface area contributed by atoms with Crippen molar-refractivity contribution < 1.29 is 49.3 Å². The van der Waals surface area contributed by atoms with E-state index in [0.29, 0.717) is 19.4 Å². The number of unbranched alkanes of at least 4 members (excludes halogenated alkanes) is 5. The summed E-state index contributed by atoms with van der Waals surface area (Å²) in [7, 11) is 0. The number of aliphatic hydroxyl groups excluding tert-OH is 1. The molecule has 0 spiro atoms. The molecule has 0 aliphatic rings. The van der Waals surface area contributed by atoms with E-state index in [1.807, 2.05) is 24.3 Å². The van der Waals surface area contributed by atoms with Crippen LogP contribution in [0.15, 0.2) is 24.3 Å². The average molecular weight is 344 g/mol. The minimum atomic E-state index is -0.987. The van der Waals surface area contributed by atoms with Gasteiger partial charge in [0.25, 0.3) is 0 Å². The van der Waals surface area contributed by atoms with Crippen molar-refractivity contribution in [3.63, 3.8) is 0 Å². The predicted molar refractivity (Wildman–Crippen MR) is 89.1 cm³/mol. The Morgan fingerprint density at radius 2 is 1.83 bits per heavy atom. The van der Waals surface area contributed by atoms with Gasteiger partial charge in [0.05, 0.1) is 12.7 Å². The first-order valence-electron chi connectivity index (χ1n) is 8.74. The number of rotatable bonds is 13. The Hall–Kier alpha value is -0.550. The van der Waals surface area contributed by atoms with Gasteiger partial charge in [-0.2, -0.15) is 0 Å². The minimum absolute atomic E-state index is 0. The van der Waals surface area contributed by atoms with Gasteiger partial charge in [-0.15, -0.1) is 0 Å². The zero-order valence-corrected chi connectivity index (χ0v) is 17.1. The van der Waals surface area contributed by atoms with E-state index in [0.717, 1.165) is 49.8 Å². The molecule has 1 rings (SSSR count). The van der Waals surface area contributed by atoms with Crippen molar-refractivity contribution in [3.05, 3.63) is 29.8 Å². The summed E-state index contributed by atoms with van der Waals surface area (Å²) < 4.78 is 5.80. The molecule has 1 unspecified atom stereocenters. The first-order chi connectivity index (χ1) is 11.1. The molecule has 24 heavy (non-hydrogen) atoms. The van der Waals surface area contributed by atoms with Crippen LogP contribution in [-0.2, 0) is 4.79 Å². The zero-order valence-electron chi connectivity index (χ0n) is 15.1. The van der Waals surface area contributed by atoms with Crippen molar-refractivity contribution in [2.45, 2.75) is 70.8 Å². The Bertz CT molecular complexity index is 451. The molecular formula is C19H29NaO4. The molecule has 5 heteroatoms. The standard InChI is InChI=1S/C19H30O4.Na/c1-2-3-10-15-23-18-13-9-8-11-16(18)17(20)12-6-4-5-7-14-19(21)22;/h8-9,11,13,17,20H,2-7,10,12,14-15H2,1H3,(H,21,22);/q;+1/p-1. The molecule has 0 bridgehead atoms. The molecule has 0 aliphatic carbocycles. The maximum atomic E-state index is 10.4. The molecule has 0 radical (unpaired) electrons. The van der Waals surface area contributed by atoms with Gasteiger partial charge in [0, 0.05) is 11.5 Å². The molecule has 1 N–H and O–H groups in total. The van der Waals surface area contributed by atoms with Crippen LogP contribution >= 0.6 is 0 Å². The fourth-order valence-corrected chi connectivity index (χ4v) is 2.54. The van der Waals surface area contributed by atoms with Gasteiger partial charge < -0.3 is 19.7 Å². The van der Waals surface area contributed by atoms with Gasteiger partial charge in [-0.25, -0.2) is 0 Å². The van der Waals surface area contributed by atoms with E-state index in [2.05, 4.69) is 6.92 Å². The third kappa shape index (κ3) is 10.3. The van der Waals surface area contributed by atoms with Crippen molar-refractivity contribution in [2.24, 2.45) is 0 Å². The maximum absolute atomic E-state index is 10.4. The van der Waals surface area contributed by atoms with Gasteiger partial charge in [0.2, 0.25) is 0 Å². The molecule has 0 aliphatic heterocycles. The Kier molecular flexibility index (Phi) is 14.4. The molecule has 0 saturated carbocycles. The molecule has 0 aromatic heterocycles. The van der Waals surface area contributed by atoms with E-state index in [1.165, 1.54) is 0 Å². The van der Waals surface area contributed by atoms with E-state index >= 15 is 0 Å². The van der Waals surface area contributed by atoms with Crippen LogP contribution < -0.4 is 39.4 Å². The van der Waals surface area contributed by atoms with Gasteiger partial charge in [-0.05, 0) is 31.7 Å². The number of carbonyl (C=O) groups is 1. The molecule has 0 heterocycles. The van der Waals surface area contributed by atoms with Gasteiger partial charge in [0.15, 0.2) is 0 Å². The molecule has 130 valence electrons. The molecule has 1 atom stereocenters. The first-order valence-corrected chi connectivity index (χ1v) is 8.74. The monoisotopic (exact) mass is 344 g/mol. The van der Waals surface area contributed by atoms with Gasteiger partial charge in [0.1, 0.15) is 5.75 Å². The van der Waals surface area contributed by atoms with Crippen LogP contribution in [0, 0.1) is 0 Å². The van der Waals surface area contributed by atoms with E-state index in [1.54, 1.807) is 0 Å². The summed E-state index contributed by atoms with van der Waals surface area (Å²) in [4.78, 5) is 10.3. The SMILES string of the molecule is CCCCCOc1ccccc1C(O)CCCCCCC(=O)[O-].[Na+].